The van der Waals surface area contributed by atoms with Gasteiger partial charge in [-0.1, -0.05) is 65.2 Å². The molecule has 1 heterocycles. The standard InChI is InChI=1S/C18H32N2/c1-4-6-8-10-12-17(13-11-9-7-5-2)18-14-19-16(3)20-15-18/h14-15,17H,4-13H2,1-3H3. The van der Waals surface area contributed by atoms with Gasteiger partial charge in [-0.2, -0.15) is 0 Å². The van der Waals surface area contributed by atoms with E-state index >= 15 is 0 Å². The van der Waals surface area contributed by atoms with Crippen molar-refractivity contribution in [3.05, 3.63) is 23.8 Å². The van der Waals surface area contributed by atoms with E-state index in [0.717, 1.165) is 5.82 Å². The number of nitrogens with zero attached hydrogens (tertiary/aromatic N) is 2. The van der Waals surface area contributed by atoms with Gasteiger partial charge in [0.1, 0.15) is 5.82 Å². The predicted molar refractivity (Wildman–Crippen MR) is 87.0 cm³/mol. The Morgan fingerprint density at radius 3 is 1.75 bits per heavy atom. The molecule has 0 aliphatic carbocycles. The molecule has 2 nitrogen and oxygen atoms in total. The second-order valence-corrected chi connectivity index (χ2v) is 5.96. The summed E-state index contributed by atoms with van der Waals surface area (Å²) >= 11 is 0. The van der Waals surface area contributed by atoms with Crippen molar-refractivity contribution in [2.45, 2.75) is 90.9 Å². The van der Waals surface area contributed by atoms with Gasteiger partial charge in [-0.15, -0.1) is 0 Å². The molecule has 114 valence electrons. The molecule has 0 aliphatic rings. The molecule has 1 aromatic heterocycles. The monoisotopic (exact) mass is 276 g/mol. The molecular formula is C18H32N2. The minimum atomic E-state index is 0.671. The lowest BCUT2D eigenvalue weighted by Gasteiger charge is -2.17. The van der Waals surface area contributed by atoms with Crippen LogP contribution in [0.5, 0.6) is 0 Å². The van der Waals surface area contributed by atoms with Gasteiger partial charge in [-0.05, 0) is 31.2 Å². The van der Waals surface area contributed by atoms with Crippen LogP contribution in [0.1, 0.15) is 95.4 Å². The van der Waals surface area contributed by atoms with Crippen LogP contribution < -0.4 is 0 Å². The van der Waals surface area contributed by atoms with E-state index in [0.29, 0.717) is 5.92 Å². The van der Waals surface area contributed by atoms with Crippen LogP contribution in [-0.2, 0) is 0 Å². The maximum absolute atomic E-state index is 4.38. The van der Waals surface area contributed by atoms with Crippen molar-refractivity contribution < 1.29 is 0 Å². The Morgan fingerprint density at radius 1 is 0.800 bits per heavy atom. The lowest BCUT2D eigenvalue weighted by Crippen LogP contribution is -2.02. The minimum absolute atomic E-state index is 0.671. The molecule has 0 aromatic carbocycles. The fourth-order valence-corrected chi connectivity index (χ4v) is 2.73. The van der Waals surface area contributed by atoms with Crippen LogP contribution in [0.2, 0.25) is 0 Å². The normalized spacial score (nSPS) is 11.2. The summed E-state index contributed by atoms with van der Waals surface area (Å²) < 4.78 is 0. The van der Waals surface area contributed by atoms with Gasteiger partial charge in [0.05, 0.1) is 0 Å². The summed E-state index contributed by atoms with van der Waals surface area (Å²) in [5, 5.41) is 0. The van der Waals surface area contributed by atoms with Gasteiger partial charge >= 0.3 is 0 Å². The summed E-state index contributed by atoms with van der Waals surface area (Å²) in [6.07, 6.45) is 17.5. The van der Waals surface area contributed by atoms with Crippen molar-refractivity contribution in [1.82, 2.24) is 9.97 Å². The van der Waals surface area contributed by atoms with Crippen molar-refractivity contribution in [2.24, 2.45) is 0 Å². The minimum Gasteiger partial charge on any atom is -0.241 e. The van der Waals surface area contributed by atoms with Gasteiger partial charge < -0.3 is 0 Å². The van der Waals surface area contributed by atoms with Crippen molar-refractivity contribution in [1.29, 1.82) is 0 Å². The lowest BCUT2D eigenvalue weighted by atomic mass is 9.90. The fraction of sp³-hybridized carbons (Fsp3) is 0.778. The topological polar surface area (TPSA) is 25.8 Å². The van der Waals surface area contributed by atoms with Gasteiger partial charge in [0.25, 0.3) is 0 Å². The molecule has 0 spiro atoms. The van der Waals surface area contributed by atoms with E-state index in [2.05, 4.69) is 23.8 Å². The number of unbranched alkanes of at least 4 members (excludes halogenated alkanes) is 6. The molecule has 0 saturated carbocycles. The third-order valence-corrected chi connectivity index (χ3v) is 4.08. The largest absolute Gasteiger partial charge is 0.241 e. The maximum Gasteiger partial charge on any atom is 0.125 e. The third-order valence-electron chi connectivity index (χ3n) is 4.08. The molecule has 0 bridgehead atoms. The summed E-state index contributed by atoms with van der Waals surface area (Å²) in [5.74, 6) is 1.55. The number of hydrogen-bond donors (Lipinski definition) is 0. The molecule has 0 unspecified atom stereocenters. The number of aromatic nitrogens is 2. The zero-order valence-corrected chi connectivity index (χ0v) is 13.7. The summed E-state index contributed by atoms with van der Waals surface area (Å²) in [6, 6.07) is 0. The molecule has 1 rings (SSSR count). The van der Waals surface area contributed by atoms with Gasteiger partial charge in [-0.25, -0.2) is 9.97 Å². The quantitative estimate of drug-likeness (QED) is 0.477. The fourth-order valence-electron chi connectivity index (χ4n) is 2.73. The van der Waals surface area contributed by atoms with Gasteiger partial charge in [-0.3, -0.25) is 0 Å². The highest BCUT2D eigenvalue weighted by molar-refractivity contribution is 5.11. The molecule has 0 amide bonds. The third kappa shape index (κ3) is 7.02. The Morgan fingerprint density at radius 2 is 1.30 bits per heavy atom. The molecule has 0 atom stereocenters. The van der Waals surface area contributed by atoms with Crippen LogP contribution in [0.4, 0.5) is 0 Å². The molecule has 1 aromatic rings. The first kappa shape index (κ1) is 17.1. The zero-order valence-electron chi connectivity index (χ0n) is 13.7. The average molecular weight is 276 g/mol. The second kappa shape index (κ2) is 10.8. The Balaban J connectivity index is 2.47. The maximum atomic E-state index is 4.38. The summed E-state index contributed by atoms with van der Waals surface area (Å²) in [7, 11) is 0. The van der Waals surface area contributed by atoms with Crippen LogP contribution in [0.3, 0.4) is 0 Å². The summed E-state index contributed by atoms with van der Waals surface area (Å²) in [5.41, 5.74) is 1.35. The number of hydrogen-bond acceptors (Lipinski definition) is 2. The van der Waals surface area contributed by atoms with Gasteiger partial charge in [0.15, 0.2) is 0 Å². The highest BCUT2D eigenvalue weighted by Gasteiger charge is 2.12. The average Bonchev–Trinajstić information content (AvgIpc) is 2.47. The molecule has 0 aliphatic heterocycles. The number of aryl methyl sites for hydroxylation is 1. The van der Waals surface area contributed by atoms with E-state index in [1.807, 2.05) is 19.3 Å². The molecule has 0 fully saturated rings. The van der Waals surface area contributed by atoms with E-state index in [-0.39, 0.29) is 0 Å². The Hall–Kier alpha value is -0.920. The first-order valence-electron chi connectivity index (χ1n) is 8.56. The van der Waals surface area contributed by atoms with E-state index in [4.69, 9.17) is 0 Å². The van der Waals surface area contributed by atoms with E-state index < -0.39 is 0 Å². The first-order valence-corrected chi connectivity index (χ1v) is 8.56. The summed E-state index contributed by atoms with van der Waals surface area (Å²) in [4.78, 5) is 8.76. The van der Waals surface area contributed by atoms with Crippen molar-refractivity contribution in [3.8, 4) is 0 Å². The highest BCUT2D eigenvalue weighted by atomic mass is 14.8. The van der Waals surface area contributed by atoms with Crippen LogP contribution in [0, 0.1) is 6.92 Å². The molecule has 20 heavy (non-hydrogen) atoms. The van der Waals surface area contributed by atoms with Crippen LogP contribution in [0.15, 0.2) is 12.4 Å². The molecule has 0 N–H and O–H groups in total. The van der Waals surface area contributed by atoms with E-state index in [1.165, 1.54) is 69.8 Å². The smallest absolute Gasteiger partial charge is 0.125 e. The second-order valence-electron chi connectivity index (χ2n) is 5.96. The Kier molecular flexibility index (Phi) is 9.27. The van der Waals surface area contributed by atoms with Crippen LogP contribution >= 0.6 is 0 Å². The van der Waals surface area contributed by atoms with E-state index in [1.54, 1.807) is 0 Å². The predicted octanol–water partition coefficient (Wildman–Crippen LogP) is 5.81. The first-order chi connectivity index (χ1) is 9.77. The Labute approximate surface area is 125 Å². The van der Waals surface area contributed by atoms with Crippen LogP contribution in [-0.4, -0.2) is 9.97 Å². The van der Waals surface area contributed by atoms with Crippen molar-refractivity contribution in [3.63, 3.8) is 0 Å². The molecule has 2 heteroatoms. The zero-order chi connectivity index (χ0) is 14.6. The SMILES string of the molecule is CCCCCCC(CCCCCC)c1cnc(C)nc1. The molecule has 0 saturated heterocycles. The molecule has 0 radical (unpaired) electrons. The highest BCUT2D eigenvalue weighted by Crippen LogP contribution is 2.27. The van der Waals surface area contributed by atoms with Gasteiger partial charge in [0.2, 0.25) is 0 Å². The Bertz CT molecular complexity index is 320. The lowest BCUT2D eigenvalue weighted by molar-refractivity contribution is 0.494. The number of rotatable bonds is 11. The van der Waals surface area contributed by atoms with Crippen LogP contribution in [0.25, 0.3) is 0 Å². The van der Waals surface area contributed by atoms with Crippen molar-refractivity contribution >= 4 is 0 Å². The van der Waals surface area contributed by atoms with Gasteiger partial charge in [0, 0.05) is 12.4 Å². The summed E-state index contributed by atoms with van der Waals surface area (Å²) in [6.45, 7) is 6.51. The van der Waals surface area contributed by atoms with Crippen molar-refractivity contribution in [2.75, 3.05) is 0 Å². The molecular weight excluding hydrogens is 244 g/mol. The van der Waals surface area contributed by atoms with E-state index in [9.17, 15) is 0 Å².